The molecule has 0 aliphatic rings. The second kappa shape index (κ2) is 6.13. The van der Waals surface area contributed by atoms with E-state index in [1.807, 2.05) is 18.2 Å². The number of carbonyl (C=O) groups is 1. The second-order valence-corrected chi connectivity index (χ2v) is 3.03. The van der Waals surface area contributed by atoms with Crippen molar-refractivity contribution in [2.45, 2.75) is 6.10 Å². The fraction of sp³-hybridized carbons (Fsp3) is 0.300. The van der Waals surface area contributed by atoms with Crippen molar-refractivity contribution in [2.24, 2.45) is 5.73 Å². The molecule has 0 bridgehead atoms. The highest BCUT2D eigenvalue weighted by atomic mass is 16.6. The first-order valence-electron chi connectivity index (χ1n) is 4.56. The zero-order chi connectivity index (χ0) is 11.1. The lowest BCUT2D eigenvalue weighted by atomic mass is 10.1. The van der Waals surface area contributed by atoms with Gasteiger partial charge in [0, 0.05) is 0 Å². The van der Waals surface area contributed by atoms with E-state index >= 15 is 0 Å². The van der Waals surface area contributed by atoms with Gasteiger partial charge in [0.05, 0.1) is 12.6 Å². The zero-order valence-corrected chi connectivity index (χ0v) is 8.22. The normalized spacial score (nSPS) is 12.3. The minimum Gasteiger partial charge on any atom is -0.387 e. The highest BCUT2D eigenvalue weighted by molar-refractivity contribution is 5.74. The Bertz CT molecular complexity index is 303. The van der Waals surface area contributed by atoms with E-state index in [1.165, 1.54) is 0 Å². The summed E-state index contributed by atoms with van der Waals surface area (Å²) in [6.45, 7) is -0.00119. The van der Waals surface area contributed by atoms with Gasteiger partial charge in [-0.1, -0.05) is 30.3 Å². The van der Waals surface area contributed by atoms with Gasteiger partial charge < -0.3 is 10.8 Å². The SMILES string of the molecule is NC(=O)CONCC(O)c1ccccc1. The molecule has 15 heavy (non-hydrogen) atoms. The molecule has 1 aromatic rings. The van der Waals surface area contributed by atoms with Crippen LogP contribution < -0.4 is 11.2 Å². The average Bonchev–Trinajstić information content (AvgIpc) is 2.25. The molecule has 5 heteroatoms. The van der Waals surface area contributed by atoms with E-state index in [0.29, 0.717) is 0 Å². The predicted molar refractivity (Wildman–Crippen MR) is 54.6 cm³/mol. The van der Waals surface area contributed by atoms with E-state index in [-0.39, 0.29) is 13.2 Å². The van der Waals surface area contributed by atoms with Gasteiger partial charge in [-0.2, -0.15) is 5.48 Å². The maximum Gasteiger partial charge on any atom is 0.245 e. The number of benzene rings is 1. The van der Waals surface area contributed by atoms with Crippen LogP contribution in [0.25, 0.3) is 0 Å². The van der Waals surface area contributed by atoms with Crippen LogP contribution in [-0.4, -0.2) is 24.2 Å². The van der Waals surface area contributed by atoms with E-state index in [0.717, 1.165) is 5.56 Å². The number of carbonyl (C=O) groups excluding carboxylic acids is 1. The summed E-state index contributed by atoms with van der Waals surface area (Å²) < 4.78 is 0. The average molecular weight is 210 g/mol. The lowest BCUT2D eigenvalue weighted by Crippen LogP contribution is -2.27. The van der Waals surface area contributed by atoms with Crippen LogP contribution in [0.1, 0.15) is 11.7 Å². The van der Waals surface area contributed by atoms with Crippen molar-refractivity contribution in [1.82, 2.24) is 5.48 Å². The third kappa shape index (κ3) is 4.55. The molecule has 82 valence electrons. The van der Waals surface area contributed by atoms with Gasteiger partial charge in [-0.25, -0.2) is 0 Å². The molecule has 1 aromatic carbocycles. The Hall–Kier alpha value is -1.43. The summed E-state index contributed by atoms with van der Waals surface area (Å²) in [5, 5.41) is 9.63. The van der Waals surface area contributed by atoms with Crippen LogP contribution in [0.5, 0.6) is 0 Å². The van der Waals surface area contributed by atoms with Crippen molar-refractivity contribution in [3.05, 3.63) is 35.9 Å². The number of aliphatic hydroxyl groups is 1. The molecule has 0 spiro atoms. The monoisotopic (exact) mass is 210 g/mol. The molecule has 1 atom stereocenters. The van der Waals surface area contributed by atoms with Crippen LogP contribution in [0, 0.1) is 0 Å². The van der Waals surface area contributed by atoms with Crippen LogP contribution in [0.15, 0.2) is 30.3 Å². The lowest BCUT2D eigenvalue weighted by Gasteiger charge is -2.11. The van der Waals surface area contributed by atoms with Gasteiger partial charge in [0.2, 0.25) is 5.91 Å². The molecule has 0 fully saturated rings. The summed E-state index contributed by atoms with van der Waals surface area (Å²) in [6, 6.07) is 9.15. The smallest absolute Gasteiger partial charge is 0.245 e. The van der Waals surface area contributed by atoms with E-state index in [2.05, 4.69) is 5.48 Å². The Morgan fingerprint density at radius 2 is 2.13 bits per heavy atom. The maximum atomic E-state index is 10.3. The number of nitrogens with two attached hydrogens (primary N) is 1. The van der Waals surface area contributed by atoms with E-state index in [9.17, 15) is 9.90 Å². The Morgan fingerprint density at radius 3 is 2.73 bits per heavy atom. The number of hydrogen-bond acceptors (Lipinski definition) is 4. The van der Waals surface area contributed by atoms with Crippen LogP contribution in [0.2, 0.25) is 0 Å². The van der Waals surface area contributed by atoms with Gasteiger partial charge in [-0.15, -0.1) is 0 Å². The van der Waals surface area contributed by atoms with Crippen LogP contribution >= 0.6 is 0 Å². The molecule has 0 heterocycles. The zero-order valence-electron chi connectivity index (χ0n) is 8.22. The minimum absolute atomic E-state index is 0.206. The molecular weight excluding hydrogens is 196 g/mol. The van der Waals surface area contributed by atoms with Crippen molar-refractivity contribution in [1.29, 1.82) is 0 Å². The molecule has 0 aliphatic carbocycles. The van der Waals surface area contributed by atoms with Gasteiger partial charge in [-0.3, -0.25) is 9.63 Å². The number of hydrogen-bond donors (Lipinski definition) is 3. The first kappa shape index (κ1) is 11.6. The second-order valence-electron chi connectivity index (χ2n) is 3.03. The summed E-state index contributed by atoms with van der Waals surface area (Å²) in [5.74, 6) is -0.559. The molecule has 1 unspecified atom stereocenters. The number of primary amides is 1. The molecule has 0 saturated heterocycles. The van der Waals surface area contributed by atoms with Crippen molar-refractivity contribution < 1.29 is 14.7 Å². The Kier molecular flexibility index (Phi) is 4.76. The Labute approximate surface area is 87.8 Å². The largest absolute Gasteiger partial charge is 0.387 e. The van der Waals surface area contributed by atoms with Gasteiger partial charge in [0.25, 0.3) is 0 Å². The van der Waals surface area contributed by atoms with Crippen molar-refractivity contribution in [2.75, 3.05) is 13.2 Å². The molecule has 0 radical (unpaired) electrons. The molecule has 5 nitrogen and oxygen atoms in total. The maximum absolute atomic E-state index is 10.3. The molecule has 1 rings (SSSR count). The summed E-state index contributed by atoms with van der Waals surface area (Å²) >= 11 is 0. The quantitative estimate of drug-likeness (QED) is 0.445. The summed E-state index contributed by atoms with van der Waals surface area (Å²) in [7, 11) is 0. The highest BCUT2D eigenvalue weighted by Gasteiger charge is 2.05. The van der Waals surface area contributed by atoms with Gasteiger partial charge >= 0.3 is 0 Å². The van der Waals surface area contributed by atoms with Gasteiger partial charge in [0.1, 0.15) is 6.61 Å². The van der Waals surface area contributed by atoms with E-state index in [4.69, 9.17) is 10.6 Å². The molecular formula is C10H14N2O3. The molecule has 0 aromatic heterocycles. The number of aliphatic hydroxyl groups excluding tert-OH is 1. The first-order chi connectivity index (χ1) is 7.20. The van der Waals surface area contributed by atoms with E-state index < -0.39 is 12.0 Å². The van der Waals surface area contributed by atoms with Crippen molar-refractivity contribution >= 4 is 5.91 Å². The third-order valence-electron chi connectivity index (χ3n) is 1.78. The first-order valence-corrected chi connectivity index (χ1v) is 4.56. The molecule has 0 aliphatic heterocycles. The molecule has 4 N–H and O–H groups in total. The number of rotatable bonds is 6. The Morgan fingerprint density at radius 1 is 1.47 bits per heavy atom. The number of nitrogens with one attached hydrogen (secondary N) is 1. The van der Waals surface area contributed by atoms with Crippen LogP contribution in [0.3, 0.4) is 0 Å². The van der Waals surface area contributed by atoms with E-state index in [1.54, 1.807) is 12.1 Å². The summed E-state index contributed by atoms with van der Waals surface area (Å²) in [6.07, 6.45) is -0.668. The summed E-state index contributed by atoms with van der Waals surface area (Å²) in [5.41, 5.74) is 8.10. The van der Waals surface area contributed by atoms with Crippen LogP contribution in [0.4, 0.5) is 0 Å². The van der Waals surface area contributed by atoms with Crippen molar-refractivity contribution in [3.63, 3.8) is 0 Å². The minimum atomic E-state index is -0.668. The predicted octanol–water partition coefficient (Wildman–Crippen LogP) is -0.273. The number of amides is 1. The fourth-order valence-electron chi connectivity index (χ4n) is 1.05. The standard InChI is InChI=1S/C10H14N2O3/c11-10(14)7-15-12-6-9(13)8-4-2-1-3-5-8/h1-5,9,12-13H,6-7H2,(H2,11,14). The third-order valence-corrected chi connectivity index (χ3v) is 1.78. The molecule has 1 amide bonds. The summed E-state index contributed by atoms with van der Waals surface area (Å²) in [4.78, 5) is 15.0. The molecule has 0 saturated carbocycles. The number of hydroxylamine groups is 1. The lowest BCUT2D eigenvalue weighted by molar-refractivity contribution is -0.125. The van der Waals surface area contributed by atoms with Crippen LogP contribution in [-0.2, 0) is 9.63 Å². The fourth-order valence-corrected chi connectivity index (χ4v) is 1.05. The Balaban J connectivity index is 2.25. The van der Waals surface area contributed by atoms with Gasteiger partial charge in [0.15, 0.2) is 0 Å². The topological polar surface area (TPSA) is 84.6 Å². The highest BCUT2D eigenvalue weighted by Crippen LogP contribution is 2.10. The van der Waals surface area contributed by atoms with Gasteiger partial charge in [-0.05, 0) is 5.56 Å². The van der Waals surface area contributed by atoms with Crippen molar-refractivity contribution in [3.8, 4) is 0 Å².